The Morgan fingerprint density at radius 3 is 1.57 bits per heavy atom. The fraction of sp³-hybridized carbons (Fsp3) is 0.574. The fourth-order valence-electron chi connectivity index (χ4n) is 11.7. The first kappa shape index (κ1) is 83.3. The van der Waals surface area contributed by atoms with Crippen molar-refractivity contribution in [3.8, 4) is 0 Å². The van der Waals surface area contributed by atoms with E-state index >= 15 is 0 Å². The zero-order valence-electron chi connectivity index (χ0n) is 57.9. The van der Waals surface area contributed by atoms with Crippen LogP contribution in [0, 0.1) is 11.8 Å². The molecule has 100 heavy (non-hydrogen) atoms. The van der Waals surface area contributed by atoms with Crippen LogP contribution >= 0.6 is 46.4 Å². The Balaban J connectivity index is 0.000000335. The Bertz CT molecular complexity index is 3660. The van der Waals surface area contributed by atoms with Gasteiger partial charge in [-0.3, -0.25) is 23.4 Å². The quantitative estimate of drug-likeness (QED) is 0.0323. The average molecular weight is 1530 g/mol. The smallest absolute Gasteiger partial charge is 0.416 e. The van der Waals surface area contributed by atoms with Gasteiger partial charge in [0.1, 0.15) is 23.7 Å². The van der Waals surface area contributed by atoms with Gasteiger partial charge in [0, 0.05) is 122 Å². The predicted molar refractivity (Wildman–Crippen MR) is 379 cm³/mol. The highest BCUT2D eigenvalue weighted by atomic mass is 35.5. The predicted octanol–water partition coefficient (Wildman–Crippen LogP) is 11.7. The van der Waals surface area contributed by atoms with E-state index in [2.05, 4.69) is 15.4 Å². The van der Waals surface area contributed by atoms with Crippen molar-refractivity contribution in [1.29, 1.82) is 0 Å². The number of piperazine rings is 2. The lowest BCUT2D eigenvalue weighted by Gasteiger charge is -2.40. The molecule has 3 aliphatic heterocycles. The molecular weight excluding hydrogens is 1440 g/mol. The van der Waals surface area contributed by atoms with Crippen molar-refractivity contribution in [2.45, 2.75) is 167 Å². The molecule has 7 atom stereocenters. The normalized spacial score (nSPS) is 17.7. The Hall–Kier alpha value is -5.69. The number of hydrogen-bond acceptors (Lipinski definition) is 14. The maximum atomic E-state index is 14.3. The highest BCUT2D eigenvalue weighted by Crippen LogP contribution is 2.40. The van der Waals surface area contributed by atoms with Gasteiger partial charge >= 0.3 is 18.4 Å². The molecule has 3 fully saturated rings. The molecule has 3 unspecified atom stereocenters. The van der Waals surface area contributed by atoms with Crippen molar-refractivity contribution >= 4 is 109 Å². The summed E-state index contributed by atoms with van der Waals surface area (Å²) in [5.74, 6) is -1.60. The number of anilines is 2. The first-order valence-corrected chi connectivity index (χ1v) is 37.3. The second kappa shape index (κ2) is 35.2. The number of amides is 5. The number of carbonyl (C=O) groups excluding carboxylic acids is 5. The lowest BCUT2D eigenvalue weighted by Crippen LogP contribution is -2.58. The standard InChI is InChI=1S/C39H56Cl2F3N5O8S2.C29H36Cl2F3N5O2/c1-24(2)20-31(47-58(53)38(6,7)8)28-22-26(39(42,43)44)11-13-33(28)48-15-17-49(18-16-48)35(51)32(21-25-10-12-27(40)23-29(25)41)45-34(50)30(14-19-56-59(9,54)55)46-36(52)57-37(3,4)5;1-17(2)13-24(36)21-15-19(29(32,33)34)4-6-25(21)37-9-11-38(12-10-37)28(41)26(39-8-7-23(35)27(39)40)14-18-3-5-20(30)16-22(18)31/h10-13,22-24,30-32,47H,14-21H2,1-9H3,(H,45,50)(H,46,52);3-6,15-17,23-24,26H,7-14,35-36H2,1-2H3/t30?,31-,32+,58?;23?,24-,26+/m00/s1. The number of carbonyl (C=O) groups is 5. The van der Waals surface area contributed by atoms with Gasteiger partial charge in [0.15, 0.2) is 0 Å². The number of nitrogens with zero attached hydrogens (tertiary/aromatic N) is 5. The molecule has 3 saturated heterocycles. The number of alkyl carbamates (subject to hydrolysis) is 1. The van der Waals surface area contributed by atoms with Gasteiger partial charge < -0.3 is 51.3 Å². The molecule has 7 rings (SSSR count). The Labute approximate surface area is 604 Å². The third-order valence-electron chi connectivity index (χ3n) is 16.7. The molecule has 20 nitrogen and oxygen atoms in total. The van der Waals surface area contributed by atoms with Crippen LogP contribution in [0.4, 0.5) is 42.5 Å². The fourth-order valence-corrected chi connectivity index (χ4v) is 13.9. The van der Waals surface area contributed by atoms with Crippen molar-refractivity contribution < 1.29 is 71.9 Å². The van der Waals surface area contributed by atoms with Crippen LogP contribution in [0.25, 0.3) is 0 Å². The zero-order valence-corrected chi connectivity index (χ0v) is 62.6. The second-order valence-corrected chi connectivity index (χ2v) is 33.3. The summed E-state index contributed by atoms with van der Waals surface area (Å²) in [6.07, 6.45) is -8.04. The summed E-state index contributed by atoms with van der Waals surface area (Å²) < 4.78 is 132. The zero-order chi connectivity index (χ0) is 74.7. The number of nitrogens with one attached hydrogen (secondary N) is 3. The summed E-state index contributed by atoms with van der Waals surface area (Å²) in [5, 5.41) is 6.57. The van der Waals surface area contributed by atoms with Crippen LogP contribution < -0.4 is 36.6 Å². The molecule has 32 heteroatoms. The number of hydrogen-bond donors (Lipinski definition) is 5. The van der Waals surface area contributed by atoms with E-state index in [4.69, 9.17) is 66.8 Å². The number of halogens is 10. The van der Waals surface area contributed by atoms with Gasteiger partial charge in [-0.15, -0.1) is 0 Å². The lowest BCUT2D eigenvalue weighted by atomic mass is 9.94. The average Bonchev–Trinajstić information content (AvgIpc) is 1.09. The second-order valence-electron chi connectivity index (χ2n) is 28.0. The summed E-state index contributed by atoms with van der Waals surface area (Å²) in [6.45, 7) is 20.0. The third-order valence-corrected chi connectivity index (χ3v) is 20.1. The molecule has 0 bridgehead atoms. The number of nitrogens with two attached hydrogens (primary N) is 2. The van der Waals surface area contributed by atoms with Crippen LogP contribution in [0.15, 0.2) is 72.8 Å². The first-order chi connectivity index (χ1) is 46.3. The molecule has 0 aliphatic carbocycles. The molecule has 4 aromatic rings. The number of alkyl halides is 6. The van der Waals surface area contributed by atoms with Gasteiger partial charge in [-0.1, -0.05) is 86.2 Å². The van der Waals surface area contributed by atoms with Crippen LogP contribution in [-0.2, 0) is 74.4 Å². The van der Waals surface area contributed by atoms with E-state index in [1.54, 1.807) is 76.8 Å². The Kier molecular flexibility index (Phi) is 29.3. The number of benzene rings is 4. The highest BCUT2D eigenvalue weighted by Gasteiger charge is 2.42. The molecule has 5 amide bonds. The molecule has 556 valence electrons. The number of ether oxygens (including phenoxy) is 1. The minimum atomic E-state index is -4.63. The highest BCUT2D eigenvalue weighted by molar-refractivity contribution is 7.86. The van der Waals surface area contributed by atoms with E-state index in [0.717, 1.165) is 30.5 Å². The third kappa shape index (κ3) is 24.5. The van der Waals surface area contributed by atoms with Crippen molar-refractivity contribution in [3.05, 3.63) is 126 Å². The maximum Gasteiger partial charge on any atom is 0.416 e. The van der Waals surface area contributed by atoms with E-state index in [-0.39, 0.29) is 74.1 Å². The van der Waals surface area contributed by atoms with Crippen LogP contribution in [0.3, 0.4) is 0 Å². The van der Waals surface area contributed by atoms with Gasteiger partial charge in [-0.25, -0.2) is 13.7 Å². The summed E-state index contributed by atoms with van der Waals surface area (Å²) in [5.41, 5.74) is 12.9. The van der Waals surface area contributed by atoms with E-state index in [9.17, 15) is 62.9 Å². The van der Waals surface area contributed by atoms with Gasteiger partial charge in [-0.2, -0.15) is 34.8 Å². The van der Waals surface area contributed by atoms with Crippen LogP contribution in [0.1, 0.15) is 140 Å². The minimum absolute atomic E-state index is 0.0359. The van der Waals surface area contributed by atoms with Crippen LogP contribution in [-0.4, -0.2) is 163 Å². The van der Waals surface area contributed by atoms with E-state index < -0.39 is 116 Å². The Morgan fingerprint density at radius 1 is 0.650 bits per heavy atom. The summed E-state index contributed by atoms with van der Waals surface area (Å²) >= 11 is 25.1. The topological polar surface area (TPSA) is 259 Å². The van der Waals surface area contributed by atoms with Crippen molar-refractivity contribution in [1.82, 2.24) is 30.1 Å². The molecule has 3 heterocycles. The van der Waals surface area contributed by atoms with Gasteiger partial charge in [-0.05, 0) is 156 Å². The summed E-state index contributed by atoms with van der Waals surface area (Å²) in [4.78, 5) is 76.2. The molecule has 4 aromatic carbocycles. The summed E-state index contributed by atoms with van der Waals surface area (Å²) in [6, 6.07) is 11.5. The lowest BCUT2D eigenvalue weighted by molar-refractivity contribution is -0.144. The van der Waals surface area contributed by atoms with Gasteiger partial charge in [0.25, 0.3) is 10.1 Å². The maximum absolute atomic E-state index is 14.3. The van der Waals surface area contributed by atoms with E-state index in [1.165, 1.54) is 28.0 Å². The Morgan fingerprint density at radius 2 is 1.13 bits per heavy atom. The van der Waals surface area contributed by atoms with Crippen molar-refractivity contribution in [2.24, 2.45) is 23.3 Å². The number of likely N-dealkylation sites (tertiary alicyclic amines) is 1. The van der Waals surface area contributed by atoms with Crippen molar-refractivity contribution in [2.75, 3.05) is 81.6 Å². The molecular formula is C68H92Cl4F6N10O10S2. The number of rotatable bonds is 24. The van der Waals surface area contributed by atoms with Crippen LogP contribution in [0.2, 0.25) is 20.1 Å². The molecule has 0 spiro atoms. The van der Waals surface area contributed by atoms with Crippen molar-refractivity contribution in [3.63, 3.8) is 0 Å². The van der Waals surface area contributed by atoms with Gasteiger partial charge in [0.2, 0.25) is 23.6 Å². The van der Waals surface area contributed by atoms with E-state index in [1.807, 2.05) is 37.5 Å². The monoisotopic (exact) mass is 1530 g/mol. The van der Waals surface area contributed by atoms with E-state index in [0.29, 0.717) is 101 Å². The summed E-state index contributed by atoms with van der Waals surface area (Å²) in [7, 11) is -5.50. The molecule has 3 aliphatic rings. The minimum Gasteiger partial charge on any atom is -0.444 e. The van der Waals surface area contributed by atoms with Gasteiger partial charge in [0.05, 0.1) is 45.8 Å². The molecule has 0 saturated carbocycles. The molecule has 0 aromatic heterocycles. The molecule has 0 radical (unpaired) electrons. The molecule has 7 N–H and O–H groups in total. The first-order valence-electron chi connectivity index (χ1n) is 32.8. The van der Waals surface area contributed by atoms with Crippen LogP contribution in [0.5, 0.6) is 0 Å². The SMILES string of the molecule is CC(C)C[C@H](N)c1cc(C(F)(F)F)ccc1N1CCN(C(=O)[C@@H](Cc2ccc(Cl)cc2Cl)N2CCC(N)C2=O)CC1.CC(C)C[C@H](NS(=O)C(C)(C)C)c1cc(C(F)(F)F)ccc1N1CCN(C(=O)[C@@H](Cc2ccc(Cl)cc2Cl)NC(=O)C(CCOS(C)(=O)=O)NC(=O)OC(C)(C)C)CC1. The largest absolute Gasteiger partial charge is 0.444 e.